The molecule has 0 radical (unpaired) electrons. The molecule has 3 aromatic rings. The van der Waals surface area contributed by atoms with Gasteiger partial charge in [0.1, 0.15) is 5.82 Å². The van der Waals surface area contributed by atoms with Gasteiger partial charge in [-0.1, -0.05) is 18.2 Å². The largest absolute Gasteiger partial charge is 0.348 e. The van der Waals surface area contributed by atoms with E-state index in [-0.39, 0.29) is 23.8 Å². The topological polar surface area (TPSA) is 32.3 Å². The lowest BCUT2D eigenvalue weighted by Gasteiger charge is -2.35. The highest BCUT2D eigenvalue weighted by atomic mass is 32.1. The molecule has 0 bridgehead atoms. The van der Waals surface area contributed by atoms with Crippen molar-refractivity contribution in [3.63, 3.8) is 0 Å². The molecule has 1 aliphatic rings. The van der Waals surface area contributed by atoms with Gasteiger partial charge in [-0.3, -0.25) is 9.69 Å². The predicted octanol–water partition coefficient (Wildman–Crippen LogP) is 4.77. The Kier molecular flexibility index (Phi) is 5.38. The number of carbonyl (C=O) groups is 1. The highest BCUT2D eigenvalue weighted by molar-refractivity contribution is 7.10. The Hall–Kier alpha value is -2.02. The van der Waals surface area contributed by atoms with Gasteiger partial charge in [-0.2, -0.15) is 0 Å². The Balaban J connectivity index is 1.47. The molecule has 1 N–H and O–H groups in total. The summed E-state index contributed by atoms with van der Waals surface area (Å²) in [5.74, 6) is -0.275. The van der Waals surface area contributed by atoms with E-state index in [1.807, 2.05) is 6.92 Å². The third-order valence-electron chi connectivity index (χ3n) is 4.97. The molecule has 4 rings (SSSR count). The number of hydrogen-bond donors (Lipinski definition) is 1. The van der Waals surface area contributed by atoms with Crippen LogP contribution >= 0.6 is 22.7 Å². The number of nitrogens with one attached hydrogen (secondary N) is 1. The van der Waals surface area contributed by atoms with Crippen molar-refractivity contribution < 1.29 is 9.18 Å². The van der Waals surface area contributed by atoms with Crippen molar-refractivity contribution in [3.8, 4) is 0 Å². The van der Waals surface area contributed by atoms with Gasteiger partial charge in [-0.25, -0.2) is 4.39 Å². The maximum atomic E-state index is 13.1. The second-order valence-corrected chi connectivity index (χ2v) is 8.76. The van der Waals surface area contributed by atoms with E-state index in [2.05, 4.69) is 39.2 Å². The summed E-state index contributed by atoms with van der Waals surface area (Å²) in [6.45, 7) is 3.15. The molecule has 0 spiro atoms. The smallest absolute Gasteiger partial charge is 0.234 e. The van der Waals surface area contributed by atoms with Crippen LogP contribution in [0.3, 0.4) is 0 Å². The van der Waals surface area contributed by atoms with Gasteiger partial charge in [0, 0.05) is 16.3 Å². The van der Waals surface area contributed by atoms with Crippen LogP contribution in [0.4, 0.5) is 4.39 Å². The van der Waals surface area contributed by atoms with Crippen molar-refractivity contribution in [3.05, 3.63) is 79.9 Å². The summed E-state index contributed by atoms with van der Waals surface area (Å²) in [6, 6.07) is 12.7. The van der Waals surface area contributed by atoms with E-state index in [0.29, 0.717) is 6.54 Å². The van der Waals surface area contributed by atoms with Crippen LogP contribution in [0.5, 0.6) is 0 Å². The average Bonchev–Trinajstić information content (AvgIpc) is 3.33. The number of fused-ring (bicyclic) bond motifs is 1. The van der Waals surface area contributed by atoms with Crippen LogP contribution in [0.25, 0.3) is 0 Å². The zero-order valence-corrected chi connectivity index (χ0v) is 16.7. The van der Waals surface area contributed by atoms with Gasteiger partial charge in [0.05, 0.1) is 18.6 Å². The molecule has 2 atom stereocenters. The number of hydrogen-bond acceptors (Lipinski definition) is 4. The summed E-state index contributed by atoms with van der Waals surface area (Å²) in [7, 11) is 0. The highest BCUT2D eigenvalue weighted by Crippen LogP contribution is 2.39. The zero-order valence-electron chi connectivity index (χ0n) is 15.0. The Morgan fingerprint density at radius 2 is 2.04 bits per heavy atom. The molecular formula is C21H21FN2OS2. The van der Waals surface area contributed by atoms with Gasteiger partial charge in [0.25, 0.3) is 0 Å². The monoisotopic (exact) mass is 400 g/mol. The maximum Gasteiger partial charge on any atom is 0.234 e. The lowest BCUT2D eigenvalue weighted by atomic mass is 9.98. The van der Waals surface area contributed by atoms with E-state index in [9.17, 15) is 9.18 Å². The van der Waals surface area contributed by atoms with Crippen molar-refractivity contribution in [2.45, 2.75) is 25.4 Å². The standard InChI is InChI=1S/C21H21FN2OS2/c1-14(15-4-6-16(22)7-5-15)23-20(25)13-24-10-8-18-17(9-12-27-18)21(24)19-3-2-11-26-19/h2-7,9,11-12,14,21H,8,10,13H2,1H3,(H,23,25). The molecule has 0 fully saturated rings. The molecule has 0 saturated heterocycles. The number of rotatable bonds is 5. The molecule has 1 amide bonds. The Bertz CT molecular complexity index is 905. The van der Waals surface area contributed by atoms with Gasteiger partial charge in [0.2, 0.25) is 5.91 Å². The van der Waals surface area contributed by atoms with E-state index < -0.39 is 0 Å². The Morgan fingerprint density at radius 3 is 2.78 bits per heavy atom. The summed E-state index contributed by atoms with van der Waals surface area (Å²) >= 11 is 3.54. The van der Waals surface area contributed by atoms with Crippen LogP contribution in [-0.2, 0) is 11.2 Å². The first-order valence-corrected chi connectivity index (χ1v) is 10.8. The first-order valence-electron chi connectivity index (χ1n) is 9.00. The van der Waals surface area contributed by atoms with Gasteiger partial charge < -0.3 is 5.32 Å². The zero-order chi connectivity index (χ0) is 18.8. The summed E-state index contributed by atoms with van der Waals surface area (Å²) < 4.78 is 13.1. The number of thiophene rings is 2. The fourth-order valence-electron chi connectivity index (χ4n) is 3.63. The molecule has 1 aliphatic heterocycles. The molecule has 0 aliphatic carbocycles. The average molecular weight is 401 g/mol. The van der Waals surface area contributed by atoms with Crippen molar-refractivity contribution in [2.24, 2.45) is 0 Å². The molecule has 3 heterocycles. The predicted molar refractivity (Wildman–Crippen MR) is 109 cm³/mol. The lowest BCUT2D eigenvalue weighted by molar-refractivity contribution is -0.123. The van der Waals surface area contributed by atoms with E-state index in [0.717, 1.165) is 18.5 Å². The van der Waals surface area contributed by atoms with Gasteiger partial charge >= 0.3 is 0 Å². The van der Waals surface area contributed by atoms with Crippen molar-refractivity contribution in [1.82, 2.24) is 10.2 Å². The molecule has 2 aromatic heterocycles. The number of carbonyl (C=O) groups excluding carboxylic acids is 1. The van der Waals surface area contributed by atoms with Crippen molar-refractivity contribution in [1.29, 1.82) is 0 Å². The molecule has 2 unspecified atom stereocenters. The van der Waals surface area contributed by atoms with Crippen molar-refractivity contribution in [2.75, 3.05) is 13.1 Å². The Morgan fingerprint density at radius 1 is 1.22 bits per heavy atom. The number of nitrogens with zero attached hydrogens (tertiary/aromatic N) is 1. The van der Waals surface area contributed by atoms with E-state index in [4.69, 9.17) is 0 Å². The fourth-order valence-corrected chi connectivity index (χ4v) is 5.41. The molecule has 3 nitrogen and oxygen atoms in total. The van der Waals surface area contributed by atoms with Crippen LogP contribution in [0.1, 0.15) is 39.9 Å². The Labute approximate surface area is 166 Å². The molecule has 140 valence electrons. The normalized spacial score (nSPS) is 18.1. The molecule has 1 aromatic carbocycles. The summed E-state index contributed by atoms with van der Waals surface area (Å²) in [6.07, 6.45) is 0.982. The van der Waals surface area contributed by atoms with Crippen LogP contribution in [0.2, 0.25) is 0 Å². The maximum absolute atomic E-state index is 13.1. The second-order valence-electron chi connectivity index (χ2n) is 6.78. The van der Waals surface area contributed by atoms with Gasteiger partial charge in [0.15, 0.2) is 0 Å². The number of halogens is 1. The first-order chi connectivity index (χ1) is 13.1. The van der Waals surface area contributed by atoms with E-state index >= 15 is 0 Å². The van der Waals surface area contributed by atoms with Gasteiger partial charge in [-0.15, -0.1) is 22.7 Å². The quantitative estimate of drug-likeness (QED) is 0.669. The molecule has 27 heavy (non-hydrogen) atoms. The van der Waals surface area contributed by atoms with Crippen LogP contribution in [0, 0.1) is 5.82 Å². The highest BCUT2D eigenvalue weighted by Gasteiger charge is 2.31. The van der Waals surface area contributed by atoms with E-state index in [1.165, 1.54) is 27.5 Å². The third kappa shape index (κ3) is 3.98. The van der Waals surface area contributed by atoms with Crippen LogP contribution in [-0.4, -0.2) is 23.9 Å². The van der Waals surface area contributed by atoms with Gasteiger partial charge in [-0.05, 0) is 59.5 Å². The van der Waals surface area contributed by atoms with E-state index in [1.54, 1.807) is 34.8 Å². The fraction of sp³-hybridized carbons (Fsp3) is 0.286. The van der Waals surface area contributed by atoms with Crippen LogP contribution in [0.15, 0.2) is 53.2 Å². The number of benzene rings is 1. The molecular weight excluding hydrogens is 379 g/mol. The molecule has 0 saturated carbocycles. The summed E-state index contributed by atoms with van der Waals surface area (Å²) in [5.41, 5.74) is 2.23. The minimum atomic E-state index is -0.268. The molecule has 6 heteroatoms. The third-order valence-corrected chi connectivity index (χ3v) is 6.89. The lowest BCUT2D eigenvalue weighted by Crippen LogP contribution is -2.43. The van der Waals surface area contributed by atoms with Crippen LogP contribution < -0.4 is 5.32 Å². The summed E-state index contributed by atoms with van der Waals surface area (Å²) in [4.78, 5) is 17.7. The van der Waals surface area contributed by atoms with Crippen molar-refractivity contribution >= 4 is 28.6 Å². The minimum absolute atomic E-state index is 0.00735. The summed E-state index contributed by atoms with van der Waals surface area (Å²) in [5, 5.41) is 7.28. The SMILES string of the molecule is CC(NC(=O)CN1CCc2sccc2C1c1cccs1)c1ccc(F)cc1. The second kappa shape index (κ2) is 7.92. The minimum Gasteiger partial charge on any atom is -0.348 e. The number of amides is 1. The first kappa shape index (κ1) is 18.3.